The van der Waals surface area contributed by atoms with Crippen LogP contribution in [0.25, 0.3) is 0 Å². The van der Waals surface area contributed by atoms with Gasteiger partial charge in [0.2, 0.25) is 0 Å². The van der Waals surface area contributed by atoms with E-state index in [-0.39, 0.29) is 19.2 Å². The molecule has 0 aromatic heterocycles. The Labute approximate surface area is 118 Å². The Balaban J connectivity index is 0.000000246. The number of rotatable bonds is 4. The number of carbonyl (C=O) groups excluding carboxylic acids is 1. The summed E-state index contributed by atoms with van der Waals surface area (Å²) in [5.41, 5.74) is 0. The third-order valence-corrected chi connectivity index (χ3v) is 2.12. The number of ether oxygens (including phenoxy) is 2. The molecule has 0 heterocycles. The molecular formula is C16H18O4. The molecule has 0 aliphatic rings. The summed E-state index contributed by atoms with van der Waals surface area (Å²) in [6.45, 7) is 1.31. The average Bonchev–Trinajstić information content (AvgIpc) is 2.48. The van der Waals surface area contributed by atoms with Gasteiger partial charge >= 0.3 is 5.97 Å². The zero-order valence-corrected chi connectivity index (χ0v) is 11.4. The number of para-hydroxylation sites is 2. The molecule has 4 heteroatoms. The van der Waals surface area contributed by atoms with Gasteiger partial charge in [-0.2, -0.15) is 0 Å². The summed E-state index contributed by atoms with van der Waals surface area (Å²) in [7, 11) is 0. The van der Waals surface area contributed by atoms with Crippen molar-refractivity contribution in [2.45, 2.75) is 6.92 Å². The van der Waals surface area contributed by atoms with Crippen molar-refractivity contribution in [1.29, 1.82) is 0 Å². The molecular weight excluding hydrogens is 256 g/mol. The first kappa shape index (κ1) is 15.7. The lowest BCUT2D eigenvalue weighted by atomic mass is 10.3. The standard InChI is InChI=1S/C12H10O.C4H8O3/c1-3-7-11(8-4-1)13-12-9-5-2-6-10-12;1-4(6)7-3-2-5/h1-10H;5H,2-3H2,1H3. The molecule has 0 unspecified atom stereocenters. The minimum atomic E-state index is -0.353. The normalized spacial score (nSPS) is 9.10. The Morgan fingerprint density at radius 1 is 0.950 bits per heavy atom. The van der Waals surface area contributed by atoms with Crippen molar-refractivity contribution in [2.75, 3.05) is 13.2 Å². The van der Waals surface area contributed by atoms with Gasteiger partial charge in [0.1, 0.15) is 18.1 Å². The second-order valence-corrected chi connectivity index (χ2v) is 3.79. The van der Waals surface area contributed by atoms with E-state index in [1.165, 1.54) is 6.92 Å². The highest BCUT2D eigenvalue weighted by molar-refractivity contribution is 5.65. The van der Waals surface area contributed by atoms with Crippen LogP contribution < -0.4 is 4.74 Å². The number of benzene rings is 2. The summed E-state index contributed by atoms with van der Waals surface area (Å²) >= 11 is 0. The highest BCUT2D eigenvalue weighted by Gasteiger charge is 1.92. The molecule has 2 aromatic carbocycles. The van der Waals surface area contributed by atoms with Crippen molar-refractivity contribution in [1.82, 2.24) is 0 Å². The van der Waals surface area contributed by atoms with Crippen molar-refractivity contribution in [3.8, 4) is 11.5 Å². The van der Waals surface area contributed by atoms with Crippen molar-refractivity contribution in [3.63, 3.8) is 0 Å². The van der Waals surface area contributed by atoms with Crippen LogP contribution in [0.15, 0.2) is 60.7 Å². The van der Waals surface area contributed by atoms with Crippen LogP contribution in [0.4, 0.5) is 0 Å². The van der Waals surface area contributed by atoms with Crippen LogP contribution in [-0.4, -0.2) is 24.3 Å². The van der Waals surface area contributed by atoms with E-state index in [4.69, 9.17) is 9.84 Å². The SMILES string of the molecule is CC(=O)OCCO.c1ccc(Oc2ccccc2)cc1. The van der Waals surface area contributed by atoms with Gasteiger partial charge < -0.3 is 14.6 Å². The molecule has 1 N–H and O–H groups in total. The minimum absolute atomic E-state index is 0.0976. The van der Waals surface area contributed by atoms with Gasteiger partial charge in [0.25, 0.3) is 0 Å². The molecule has 4 nitrogen and oxygen atoms in total. The van der Waals surface area contributed by atoms with E-state index < -0.39 is 0 Å². The molecule has 20 heavy (non-hydrogen) atoms. The summed E-state index contributed by atoms with van der Waals surface area (Å²) in [6.07, 6.45) is 0. The van der Waals surface area contributed by atoms with Crippen LogP contribution in [0.2, 0.25) is 0 Å². The molecule has 2 rings (SSSR count). The molecule has 0 bridgehead atoms. The average molecular weight is 274 g/mol. The molecule has 0 aliphatic carbocycles. The second kappa shape index (κ2) is 9.58. The molecule has 0 amide bonds. The van der Waals surface area contributed by atoms with Gasteiger partial charge in [-0.25, -0.2) is 0 Å². The molecule has 0 fully saturated rings. The smallest absolute Gasteiger partial charge is 0.302 e. The first-order valence-electron chi connectivity index (χ1n) is 6.24. The minimum Gasteiger partial charge on any atom is -0.463 e. The van der Waals surface area contributed by atoms with E-state index in [1.54, 1.807) is 0 Å². The van der Waals surface area contributed by atoms with Gasteiger partial charge in [-0.3, -0.25) is 4.79 Å². The molecule has 2 aromatic rings. The van der Waals surface area contributed by atoms with Gasteiger partial charge in [-0.05, 0) is 24.3 Å². The first-order chi connectivity index (χ1) is 9.72. The van der Waals surface area contributed by atoms with E-state index >= 15 is 0 Å². The van der Waals surface area contributed by atoms with Gasteiger partial charge in [0.15, 0.2) is 0 Å². The van der Waals surface area contributed by atoms with Crippen LogP contribution in [0.1, 0.15) is 6.92 Å². The fourth-order valence-electron chi connectivity index (χ4n) is 1.30. The van der Waals surface area contributed by atoms with Gasteiger partial charge in [-0.15, -0.1) is 0 Å². The largest absolute Gasteiger partial charge is 0.463 e. The third kappa shape index (κ3) is 7.18. The molecule has 0 aliphatic heterocycles. The van der Waals surface area contributed by atoms with E-state index in [2.05, 4.69) is 4.74 Å². The highest BCUT2D eigenvalue weighted by Crippen LogP contribution is 2.19. The monoisotopic (exact) mass is 274 g/mol. The highest BCUT2D eigenvalue weighted by atomic mass is 16.5. The van der Waals surface area contributed by atoms with Gasteiger partial charge in [0, 0.05) is 6.92 Å². The Hall–Kier alpha value is -2.33. The van der Waals surface area contributed by atoms with Crippen LogP contribution in [0.5, 0.6) is 11.5 Å². The van der Waals surface area contributed by atoms with Crippen molar-refractivity contribution < 1.29 is 19.4 Å². The van der Waals surface area contributed by atoms with E-state index in [9.17, 15) is 4.79 Å². The molecule has 0 spiro atoms. The Morgan fingerprint density at radius 2 is 1.40 bits per heavy atom. The maximum absolute atomic E-state index is 9.87. The first-order valence-corrected chi connectivity index (χ1v) is 6.24. The maximum atomic E-state index is 9.87. The predicted molar refractivity (Wildman–Crippen MR) is 76.7 cm³/mol. The Bertz CT molecular complexity index is 445. The van der Waals surface area contributed by atoms with Crippen LogP contribution in [0.3, 0.4) is 0 Å². The van der Waals surface area contributed by atoms with E-state index in [0.717, 1.165) is 11.5 Å². The summed E-state index contributed by atoms with van der Waals surface area (Å²) < 4.78 is 9.88. The van der Waals surface area contributed by atoms with Gasteiger partial charge in [0.05, 0.1) is 6.61 Å². The second-order valence-electron chi connectivity index (χ2n) is 3.79. The van der Waals surface area contributed by atoms with Crippen LogP contribution in [0, 0.1) is 0 Å². The Morgan fingerprint density at radius 3 is 1.70 bits per heavy atom. The fraction of sp³-hybridized carbons (Fsp3) is 0.188. The number of carbonyl (C=O) groups is 1. The zero-order chi connectivity index (χ0) is 14.6. The van der Waals surface area contributed by atoms with Crippen molar-refractivity contribution >= 4 is 5.97 Å². The summed E-state index contributed by atoms with van der Waals surface area (Å²) in [4.78, 5) is 9.87. The number of hydrogen-bond donors (Lipinski definition) is 1. The lowest BCUT2D eigenvalue weighted by molar-refractivity contribution is -0.141. The number of aliphatic hydroxyl groups is 1. The molecule has 106 valence electrons. The summed E-state index contributed by atoms with van der Waals surface area (Å²) in [5, 5.41) is 8.04. The van der Waals surface area contributed by atoms with Crippen LogP contribution >= 0.6 is 0 Å². The molecule has 0 saturated heterocycles. The molecule has 0 atom stereocenters. The number of aliphatic hydroxyl groups excluding tert-OH is 1. The van der Waals surface area contributed by atoms with E-state index in [1.807, 2.05) is 60.7 Å². The predicted octanol–water partition coefficient (Wildman–Crippen LogP) is 3.02. The van der Waals surface area contributed by atoms with Crippen molar-refractivity contribution in [3.05, 3.63) is 60.7 Å². The lowest BCUT2D eigenvalue weighted by Crippen LogP contribution is -2.03. The Kier molecular flexibility index (Phi) is 7.53. The topological polar surface area (TPSA) is 55.8 Å². The zero-order valence-electron chi connectivity index (χ0n) is 11.4. The van der Waals surface area contributed by atoms with E-state index in [0.29, 0.717) is 0 Å². The van der Waals surface area contributed by atoms with Gasteiger partial charge in [-0.1, -0.05) is 36.4 Å². The summed E-state index contributed by atoms with van der Waals surface area (Å²) in [6, 6.07) is 19.5. The third-order valence-electron chi connectivity index (χ3n) is 2.12. The number of esters is 1. The quantitative estimate of drug-likeness (QED) is 0.871. The fourth-order valence-corrected chi connectivity index (χ4v) is 1.30. The van der Waals surface area contributed by atoms with Crippen LogP contribution in [-0.2, 0) is 9.53 Å². The lowest BCUT2D eigenvalue weighted by Gasteiger charge is -2.03. The van der Waals surface area contributed by atoms with Crippen molar-refractivity contribution in [2.24, 2.45) is 0 Å². The molecule has 0 saturated carbocycles. The number of hydrogen-bond acceptors (Lipinski definition) is 4. The maximum Gasteiger partial charge on any atom is 0.302 e. The summed E-state index contributed by atoms with van der Waals surface area (Å²) in [5.74, 6) is 1.39. The molecule has 0 radical (unpaired) electrons.